The van der Waals surface area contributed by atoms with Crippen molar-refractivity contribution in [2.75, 3.05) is 0 Å². The standard InChI is InChI=1S/C34H44Si2/c1-23-20-30(35(9,10)11)22-31(21-23)36(29-18-13-12-14-19-29,32-24(2)16-15-17-25(32)3)33-27(5)26(4)28(6)34(33,7)8/h12-22H,1-11H3. The van der Waals surface area contributed by atoms with Crippen molar-refractivity contribution in [1.29, 1.82) is 0 Å². The highest BCUT2D eigenvalue weighted by molar-refractivity contribution is 7.17. The molecule has 0 amide bonds. The van der Waals surface area contributed by atoms with E-state index in [0.29, 0.717) is 0 Å². The number of aryl methyl sites for hydroxylation is 3. The Bertz CT molecular complexity index is 1360. The molecule has 0 heterocycles. The Balaban J connectivity index is 2.32. The van der Waals surface area contributed by atoms with Crippen LogP contribution in [0.4, 0.5) is 0 Å². The average Bonchev–Trinajstić information content (AvgIpc) is 2.95. The van der Waals surface area contributed by atoms with E-state index in [0.717, 1.165) is 0 Å². The fourth-order valence-electron chi connectivity index (χ4n) is 6.74. The van der Waals surface area contributed by atoms with E-state index in [1.807, 2.05) is 0 Å². The normalized spacial score (nSPS) is 17.5. The van der Waals surface area contributed by atoms with Gasteiger partial charge in [-0.15, -0.1) is 0 Å². The van der Waals surface area contributed by atoms with E-state index in [9.17, 15) is 0 Å². The fraction of sp³-hybridized carbons (Fsp3) is 0.353. The molecule has 0 saturated heterocycles. The van der Waals surface area contributed by atoms with Gasteiger partial charge in [0.1, 0.15) is 0 Å². The molecule has 188 valence electrons. The molecule has 0 saturated carbocycles. The van der Waals surface area contributed by atoms with Crippen LogP contribution in [0.3, 0.4) is 0 Å². The van der Waals surface area contributed by atoms with Crippen molar-refractivity contribution in [2.45, 2.75) is 75.0 Å². The molecule has 1 aliphatic rings. The van der Waals surface area contributed by atoms with Crippen molar-refractivity contribution in [2.24, 2.45) is 5.41 Å². The van der Waals surface area contributed by atoms with Gasteiger partial charge in [-0.3, -0.25) is 0 Å². The van der Waals surface area contributed by atoms with E-state index in [1.165, 1.54) is 38.6 Å². The van der Waals surface area contributed by atoms with Gasteiger partial charge in [-0.1, -0.05) is 138 Å². The quantitative estimate of drug-likeness (QED) is 0.261. The molecule has 0 bridgehead atoms. The topological polar surface area (TPSA) is 0 Å². The molecule has 4 rings (SSSR count). The van der Waals surface area contributed by atoms with Crippen LogP contribution in [0.25, 0.3) is 0 Å². The smallest absolute Gasteiger partial charge is 0.0656 e. The fourth-order valence-corrected chi connectivity index (χ4v) is 14.6. The first-order chi connectivity index (χ1) is 16.7. The zero-order valence-corrected chi connectivity index (χ0v) is 26.4. The molecule has 0 nitrogen and oxygen atoms in total. The third-order valence-corrected chi connectivity index (χ3v) is 16.5. The molecule has 1 aliphatic carbocycles. The molecule has 2 heteroatoms. The average molecular weight is 509 g/mol. The van der Waals surface area contributed by atoms with Crippen LogP contribution >= 0.6 is 0 Å². The largest absolute Gasteiger partial charge is 0.177 e. The lowest BCUT2D eigenvalue weighted by Crippen LogP contribution is -2.72. The molecule has 0 radical (unpaired) electrons. The van der Waals surface area contributed by atoms with Gasteiger partial charge in [0.05, 0.1) is 8.07 Å². The first-order valence-electron chi connectivity index (χ1n) is 13.4. The summed E-state index contributed by atoms with van der Waals surface area (Å²) in [5.74, 6) is 0. The SMILES string of the molecule is CC1=C(C)C(C)(C)C([Si](c2ccccc2)(c2cc(C)cc([Si](C)(C)C)c2)c2c(C)cccc2C)=C1C. The van der Waals surface area contributed by atoms with E-state index in [1.54, 1.807) is 20.8 Å². The van der Waals surface area contributed by atoms with Gasteiger partial charge in [0.15, 0.2) is 8.07 Å². The Morgan fingerprint density at radius 2 is 1.14 bits per heavy atom. The molecule has 1 unspecified atom stereocenters. The summed E-state index contributed by atoms with van der Waals surface area (Å²) in [5.41, 5.74) is 8.72. The lowest BCUT2D eigenvalue weighted by Gasteiger charge is -2.44. The monoisotopic (exact) mass is 508 g/mol. The lowest BCUT2D eigenvalue weighted by atomic mass is 9.87. The minimum absolute atomic E-state index is 0.00593. The van der Waals surface area contributed by atoms with Gasteiger partial charge in [-0.05, 0) is 62.7 Å². The van der Waals surface area contributed by atoms with Crippen LogP contribution in [-0.4, -0.2) is 16.1 Å². The molecule has 0 aliphatic heterocycles. The molecule has 0 spiro atoms. The summed E-state index contributed by atoms with van der Waals surface area (Å²) in [6.45, 7) is 26.5. The van der Waals surface area contributed by atoms with Crippen LogP contribution in [0.5, 0.6) is 0 Å². The molecule has 0 fully saturated rings. The first-order valence-corrected chi connectivity index (χ1v) is 18.9. The van der Waals surface area contributed by atoms with E-state index < -0.39 is 16.1 Å². The molecule has 3 aromatic carbocycles. The third-order valence-electron chi connectivity index (χ3n) is 8.88. The summed E-state index contributed by atoms with van der Waals surface area (Å²) in [7, 11) is -4.17. The van der Waals surface area contributed by atoms with Crippen molar-refractivity contribution < 1.29 is 0 Å². The molecular formula is C34H44Si2. The number of hydrogen-bond donors (Lipinski definition) is 0. The van der Waals surface area contributed by atoms with Gasteiger partial charge in [-0.25, -0.2) is 0 Å². The van der Waals surface area contributed by atoms with E-state index >= 15 is 0 Å². The summed E-state index contributed by atoms with van der Waals surface area (Å²) in [6, 6.07) is 26.1. The van der Waals surface area contributed by atoms with Gasteiger partial charge in [0.2, 0.25) is 0 Å². The maximum Gasteiger partial charge on any atom is 0.177 e. The van der Waals surface area contributed by atoms with Gasteiger partial charge in [0, 0.05) is 5.41 Å². The second kappa shape index (κ2) is 9.15. The highest BCUT2D eigenvalue weighted by atomic mass is 28.3. The second-order valence-corrected chi connectivity index (χ2v) is 21.3. The number of hydrogen-bond acceptors (Lipinski definition) is 0. The highest BCUT2D eigenvalue weighted by Crippen LogP contribution is 2.50. The highest BCUT2D eigenvalue weighted by Gasteiger charge is 2.53. The summed E-state index contributed by atoms with van der Waals surface area (Å²) in [5, 5.41) is 7.86. The predicted molar refractivity (Wildman–Crippen MR) is 166 cm³/mol. The van der Waals surface area contributed by atoms with Crippen molar-refractivity contribution in [1.82, 2.24) is 0 Å². The minimum Gasteiger partial charge on any atom is -0.0656 e. The molecule has 3 aromatic rings. The molecule has 1 atom stereocenters. The van der Waals surface area contributed by atoms with Crippen molar-refractivity contribution in [3.05, 3.63) is 105 Å². The Morgan fingerprint density at radius 1 is 0.583 bits per heavy atom. The Labute approximate surface area is 222 Å². The van der Waals surface area contributed by atoms with Crippen molar-refractivity contribution >= 4 is 36.9 Å². The minimum atomic E-state index is -2.64. The van der Waals surface area contributed by atoms with Crippen LogP contribution in [0.1, 0.15) is 51.3 Å². The Hall–Kier alpha value is -2.43. The first kappa shape index (κ1) is 26.6. The second-order valence-electron chi connectivity index (χ2n) is 12.6. The molecule has 0 N–H and O–H groups in total. The van der Waals surface area contributed by atoms with Crippen LogP contribution < -0.4 is 20.7 Å². The lowest BCUT2D eigenvalue weighted by molar-refractivity contribution is 0.570. The van der Waals surface area contributed by atoms with Crippen molar-refractivity contribution in [3.63, 3.8) is 0 Å². The summed E-state index contributed by atoms with van der Waals surface area (Å²) in [4.78, 5) is 0. The third kappa shape index (κ3) is 4.03. The zero-order valence-electron chi connectivity index (χ0n) is 24.4. The molecule has 36 heavy (non-hydrogen) atoms. The van der Waals surface area contributed by atoms with E-state index in [2.05, 4.69) is 142 Å². The van der Waals surface area contributed by atoms with Gasteiger partial charge < -0.3 is 0 Å². The van der Waals surface area contributed by atoms with Gasteiger partial charge >= 0.3 is 0 Å². The Kier molecular flexibility index (Phi) is 6.77. The van der Waals surface area contributed by atoms with E-state index in [-0.39, 0.29) is 5.41 Å². The van der Waals surface area contributed by atoms with Crippen LogP contribution in [0.2, 0.25) is 19.6 Å². The van der Waals surface area contributed by atoms with Crippen LogP contribution in [0.15, 0.2) is 88.6 Å². The maximum atomic E-state index is 2.63. The summed E-state index contributed by atoms with van der Waals surface area (Å²) in [6.07, 6.45) is 0. The number of allylic oxidation sites excluding steroid dienone is 4. The number of rotatable bonds is 5. The van der Waals surface area contributed by atoms with Gasteiger partial charge in [-0.2, -0.15) is 0 Å². The molecule has 0 aromatic heterocycles. The Morgan fingerprint density at radius 3 is 1.64 bits per heavy atom. The van der Waals surface area contributed by atoms with Gasteiger partial charge in [0.25, 0.3) is 0 Å². The summed E-state index contributed by atoms with van der Waals surface area (Å²) < 4.78 is 0. The maximum absolute atomic E-state index is 2.64. The zero-order chi connectivity index (χ0) is 26.6. The predicted octanol–water partition coefficient (Wildman–Crippen LogP) is 6.86. The van der Waals surface area contributed by atoms with E-state index in [4.69, 9.17) is 0 Å². The molecular weight excluding hydrogens is 465 g/mol. The number of benzene rings is 3. The van der Waals surface area contributed by atoms with Crippen molar-refractivity contribution in [3.8, 4) is 0 Å². The van der Waals surface area contributed by atoms with Crippen LogP contribution in [0, 0.1) is 26.2 Å². The van der Waals surface area contributed by atoms with Crippen LogP contribution in [-0.2, 0) is 0 Å². The summed E-state index contributed by atoms with van der Waals surface area (Å²) >= 11 is 0.